The third-order valence-electron chi connectivity index (χ3n) is 14.2. The van der Waals surface area contributed by atoms with E-state index >= 15 is 0 Å². The van der Waals surface area contributed by atoms with Crippen LogP contribution in [0.15, 0.2) is 115 Å². The fourth-order valence-corrected chi connectivity index (χ4v) is 10.4. The molecule has 9 rings (SSSR count). The zero-order valence-electron chi connectivity index (χ0n) is 38.9. The summed E-state index contributed by atoms with van der Waals surface area (Å²) in [6.07, 6.45) is 2.35. The Labute approximate surface area is 362 Å². The summed E-state index contributed by atoms with van der Waals surface area (Å²) >= 11 is 0. The molecule has 0 fully saturated rings. The van der Waals surface area contributed by atoms with E-state index in [9.17, 15) is 0 Å². The van der Waals surface area contributed by atoms with E-state index in [-0.39, 0.29) is 33.8 Å². The molecule has 0 saturated carbocycles. The summed E-state index contributed by atoms with van der Waals surface area (Å²) in [5.41, 5.74) is 22.8. The predicted octanol–water partition coefficient (Wildman–Crippen LogP) is 14.0. The lowest BCUT2D eigenvalue weighted by Gasteiger charge is -2.48. The number of hydrogen-bond acceptors (Lipinski definition) is 2. The molecule has 6 aromatic rings. The molecule has 0 radical (unpaired) electrons. The molecule has 6 aromatic carbocycles. The molecule has 2 nitrogen and oxygen atoms in total. The number of anilines is 6. The van der Waals surface area contributed by atoms with Gasteiger partial charge in [0.1, 0.15) is 0 Å². The lowest BCUT2D eigenvalue weighted by molar-refractivity contribution is 0.332. The first-order valence-electron chi connectivity index (χ1n) is 22.4. The molecule has 2 aliphatic heterocycles. The van der Waals surface area contributed by atoms with E-state index in [1.165, 1.54) is 108 Å². The van der Waals surface area contributed by atoms with Crippen molar-refractivity contribution in [3.05, 3.63) is 149 Å². The lowest BCUT2D eigenvalue weighted by Crippen LogP contribution is -2.62. The Morgan fingerprint density at radius 2 is 0.967 bits per heavy atom. The molecule has 0 aromatic heterocycles. The Bertz CT molecular complexity index is 2660. The van der Waals surface area contributed by atoms with Gasteiger partial charge in [0, 0.05) is 34.0 Å². The van der Waals surface area contributed by atoms with Gasteiger partial charge >= 0.3 is 0 Å². The van der Waals surface area contributed by atoms with Crippen LogP contribution in [0, 0.1) is 6.92 Å². The average Bonchev–Trinajstić information content (AvgIpc) is 3.18. The minimum absolute atomic E-state index is 0.00250. The zero-order valence-corrected chi connectivity index (χ0v) is 38.9. The van der Waals surface area contributed by atoms with E-state index in [4.69, 9.17) is 0 Å². The van der Waals surface area contributed by atoms with Gasteiger partial charge in [0.2, 0.25) is 0 Å². The summed E-state index contributed by atoms with van der Waals surface area (Å²) in [6, 6.07) is 45.4. The molecular formula is C57H65BN2. The molecule has 0 unspecified atom stereocenters. The van der Waals surface area contributed by atoms with E-state index in [1.54, 1.807) is 0 Å². The molecule has 3 aliphatic rings. The number of aryl methyl sites for hydroxylation is 1. The van der Waals surface area contributed by atoms with Gasteiger partial charge in [-0.2, -0.15) is 0 Å². The van der Waals surface area contributed by atoms with Gasteiger partial charge in [-0.05, 0) is 145 Å². The van der Waals surface area contributed by atoms with Gasteiger partial charge in [-0.1, -0.05) is 163 Å². The number of benzene rings is 6. The Hall–Kier alpha value is -5.02. The van der Waals surface area contributed by atoms with Gasteiger partial charge in [0.25, 0.3) is 6.71 Å². The zero-order chi connectivity index (χ0) is 42.9. The van der Waals surface area contributed by atoms with Crippen LogP contribution in [-0.4, -0.2) is 6.71 Å². The topological polar surface area (TPSA) is 6.48 Å². The number of fused-ring (bicyclic) bond motifs is 5. The second-order valence-electron chi connectivity index (χ2n) is 22.7. The fourth-order valence-electron chi connectivity index (χ4n) is 10.4. The number of para-hydroxylation sites is 1. The normalized spacial score (nSPS) is 16.5. The second kappa shape index (κ2) is 13.5. The highest BCUT2D eigenvalue weighted by Crippen LogP contribution is 2.51. The Morgan fingerprint density at radius 3 is 1.55 bits per heavy atom. The fraction of sp³-hybridized carbons (Fsp3) is 0.368. The minimum Gasteiger partial charge on any atom is -0.311 e. The molecule has 0 spiro atoms. The summed E-state index contributed by atoms with van der Waals surface area (Å²) in [5, 5.41) is 0. The monoisotopic (exact) mass is 789 g/mol. The molecule has 3 heteroatoms. The lowest BCUT2D eigenvalue weighted by atomic mass is 9.33. The molecule has 0 amide bonds. The van der Waals surface area contributed by atoms with Gasteiger partial charge in [0.15, 0.2) is 0 Å². The van der Waals surface area contributed by atoms with Gasteiger partial charge in [-0.25, -0.2) is 0 Å². The molecular weight excluding hydrogens is 723 g/mol. The van der Waals surface area contributed by atoms with E-state index in [0.717, 1.165) is 0 Å². The minimum atomic E-state index is -0.00250. The Morgan fingerprint density at radius 1 is 0.467 bits per heavy atom. The van der Waals surface area contributed by atoms with Crippen LogP contribution in [0.4, 0.5) is 34.1 Å². The van der Waals surface area contributed by atoms with Crippen molar-refractivity contribution in [2.75, 3.05) is 9.80 Å². The average molecular weight is 789 g/mol. The molecule has 0 N–H and O–H groups in total. The van der Waals surface area contributed by atoms with Crippen LogP contribution in [-0.2, 0) is 27.1 Å². The SMILES string of the molecule is Cc1cc2c3c(c1)N(c1ccccc1-c1ccc(C(C)(C)C)cc1)c1cc4c(cc1B3c1cc(C(C)(C)C)ccc1N2c1ccc(C(C)(C)C)cc1)C(C)(C)CCC4(C)C. The largest absolute Gasteiger partial charge is 0.311 e. The molecule has 2 heterocycles. The first-order valence-corrected chi connectivity index (χ1v) is 22.4. The third-order valence-corrected chi connectivity index (χ3v) is 14.2. The van der Waals surface area contributed by atoms with Gasteiger partial charge in [0.05, 0.1) is 5.69 Å². The second-order valence-corrected chi connectivity index (χ2v) is 22.7. The van der Waals surface area contributed by atoms with Crippen molar-refractivity contribution in [2.45, 2.75) is 137 Å². The number of nitrogens with zero attached hydrogens (tertiary/aromatic N) is 2. The van der Waals surface area contributed by atoms with Crippen LogP contribution in [0.1, 0.15) is 136 Å². The van der Waals surface area contributed by atoms with Crippen LogP contribution < -0.4 is 26.2 Å². The van der Waals surface area contributed by atoms with Crippen LogP contribution in [0.5, 0.6) is 0 Å². The van der Waals surface area contributed by atoms with Crippen molar-refractivity contribution in [1.29, 1.82) is 0 Å². The maximum atomic E-state index is 2.66. The Kier molecular flexibility index (Phi) is 9.08. The van der Waals surface area contributed by atoms with Crippen LogP contribution >= 0.6 is 0 Å². The van der Waals surface area contributed by atoms with Gasteiger partial charge in [-0.3, -0.25) is 0 Å². The van der Waals surface area contributed by atoms with E-state index in [1.807, 2.05) is 0 Å². The third kappa shape index (κ3) is 6.54. The van der Waals surface area contributed by atoms with Crippen molar-refractivity contribution >= 4 is 57.2 Å². The highest BCUT2D eigenvalue weighted by Gasteiger charge is 2.47. The van der Waals surface area contributed by atoms with Crippen LogP contribution in [0.3, 0.4) is 0 Å². The van der Waals surface area contributed by atoms with Gasteiger partial charge in [-0.15, -0.1) is 0 Å². The van der Waals surface area contributed by atoms with Crippen molar-refractivity contribution in [3.8, 4) is 11.1 Å². The van der Waals surface area contributed by atoms with Crippen LogP contribution in [0.25, 0.3) is 11.1 Å². The maximum absolute atomic E-state index is 2.66. The van der Waals surface area contributed by atoms with E-state index in [2.05, 4.69) is 222 Å². The summed E-state index contributed by atoms with van der Waals surface area (Å²) in [7, 11) is 0. The summed E-state index contributed by atoms with van der Waals surface area (Å²) in [4.78, 5) is 5.23. The molecule has 60 heavy (non-hydrogen) atoms. The molecule has 306 valence electrons. The molecule has 0 saturated heterocycles. The van der Waals surface area contributed by atoms with Crippen molar-refractivity contribution in [3.63, 3.8) is 0 Å². The molecule has 0 atom stereocenters. The predicted molar refractivity (Wildman–Crippen MR) is 262 cm³/mol. The van der Waals surface area contributed by atoms with Crippen molar-refractivity contribution < 1.29 is 0 Å². The number of rotatable bonds is 3. The smallest absolute Gasteiger partial charge is 0.252 e. The quantitative estimate of drug-likeness (QED) is 0.165. The first-order chi connectivity index (χ1) is 28.0. The summed E-state index contributed by atoms with van der Waals surface area (Å²) in [5.74, 6) is 0. The molecule has 0 bridgehead atoms. The Balaban J connectivity index is 1.39. The number of hydrogen-bond donors (Lipinski definition) is 0. The highest BCUT2D eigenvalue weighted by atomic mass is 15.2. The summed E-state index contributed by atoms with van der Waals surface area (Å²) < 4.78 is 0. The highest BCUT2D eigenvalue weighted by molar-refractivity contribution is 7.00. The van der Waals surface area contributed by atoms with Crippen molar-refractivity contribution in [2.24, 2.45) is 0 Å². The van der Waals surface area contributed by atoms with E-state index in [0.29, 0.717) is 0 Å². The van der Waals surface area contributed by atoms with Crippen molar-refractivity contribution in [1.82, 2.24) is 0 Å². The summed E-state index contributed by atoms with van der Waals surface area (Å²) in [6.45, 7) is 33.1. The molecule has 1 aliphatic carbocycles. The first kappa shape index (κ1) is 40.4. The standard InChI is InChI=1S/C57H65BN2/c1-36-31-50-52-51(32-36)60(47-18-16-15-17-42(47)37-19-21-38(22-20-37)53(2,3)4)49-35-44-43(56(11,12)29-30-57(44,13)14)34-46(49)58(52)45-33-40(55(8,9)10)25-28-48(45)59(50)41-26-23-39(24-27-41)54(5,6)7/h15-28,31-35H,29-30H2,1-14H3. The maximum Gasteiger partial charge on any atom is 0.252 e. The van der Waals surface area contributed by atoms with Gasteiger partial charge < -0.3 is 9.80 Å². The van der Waals surface area contributed by atoms with E-state index < -0.39 is 0 Å². The van der Waals surface area contributed by atoms with Crippen LogP contribution in [0.2, 0.25) is 0 Å².